The summed E-state index contributed by atoms with van der Waals surface area (Å²) >= 11 is 0. The number of aliphatic hydroxyl groups excluding tert-OH is 1. The topological polar surface area (TPSA) is 84.9 Å². The smallest absolute Gasteiger partial charge is 0.240 e. The van der Waals surface area contributed by atoms with Gasteiger partial charge in [0.1, 0.15) is 5.75 Å². The summed E-state index contributed by atoms with van der Waals surface area (Å²) in [5.41, 5.74) is 0.461. The van der Waals surface area contributed by atoms with Crippen LogP contribution in [0.15, 0.2) is 23.1 Å². The normalized spacial score (nSPS) is 21.9. The van der Waals surface area contributed by atoms with E-state index in [4.69, 9.17) is 9.47 Å². The molecule has 0 spiro atoms. The van der Waals surface area contributed by atoms with Gasteiger partial charge in [0.2, 0.25) is 10.0 Å². The number of nitrogens with one attached hydrogen (secondary N) is 1. The minimum absolute atomic E-state index is 0.0934. The van der Waals surface area contributed by atoms with E-state index in [-0.39, 0.29) is 23.6 Å². The second-order valence-electron chi connectivity index (χ2n) is 5.01. The molecule has 21 heavy (non-hydrogen) atoms. The summed E-state index contributed by atoms with van der Waals surface area (Å²) in [6, 6.07) is 4.41. The molecule has 2 N–H and O–H groups in total. The Morgan fingerprint density at radius 2 is 2.10 bits per heavy atom. The molecular weight excluding hydrogens is 294 g/mol. The number of aliphatic hydroxyl groups is 1. The third kappa shape index (κ3) is 3.74. The van der Waals surface area contributed by atoms with E-state index in [1.807, 2.05) is 6.92 Å². The summed E-state index contributed by atoms with van der Waals surface area (Å²) in [4.78, 5) is 0.135. The fourth-order valence-electron chi connectivity index (χ4n) is 2.28. The van der Waals surface area contributed by atoms with E-state index >= 15 is 0 Å². The monoisotopic (exact) mass is 315 g/mol. The molecule has 1 aromatic rings. The fourth-order valence-corrected chi connectivity index (χ4v) is 3.60. The molecule has 7 heteroatoms. The van der Waals surface area contributed by atoms with Crippen molar-refractivity contribution in [1.82, 2.24) is 4.72 Å². The molecular formula is C14H21NO5S. The lowest BCUT2D eigenvalue weighted by Crippen LogP contribution is -2.47. The molecule has 0 aliphatic heterocycles. The highest BCUT2D eigenvalue weighted by atomic mass is 32.2. The summed E-state index contributed by atoms with van der Waals surface area (Å²) < 4.78 is 37.7. The standard InChI is InChI=1S/C14H21NO5S/c1-3-20-14-5-4-13(6-10(14)9-16)21(17,18)15-11-7-12(8-11)19-2/h4-6,11-12,15-16H,3,7-9H2,1-2H3. The molecule has 0 heterocycles. The number of methoxy groups -OCH3 is 1. The van der Waals surface area contributed by atoms with Crippen LogP contribution in [-0.2, 0) is 21.4 Å². The van der Waals surface area contributed by atoms with Crippen LogP contribution < -0.4 is 9.46 Å². The van der Waals surface area contributed by atoms with Crippen LogP contribution >= 0.6 is 0 Å². The Morgan fingerprint density at radius 1 is 1.38 bits per heavy atom. The van der Waals surface area contributed by atoms with Gasteiger partial charge in [0.25, 0.3) is 0 Å². The maximum absolute atomic E-state index is 12.3. The molecule has 2 rings (SSSR count). The van der Waals surface area contributed by atoms with Gasteiger partial charge in [-0.2, -0.15) is 0 Å². The number of hydrogen-bond donors (Lipinski definition) is 2. The van der Waals surface area contributed by atoms with E-state index in [1.165, 1.54) is 12.1 Å². The molecule has 0 saturated heterocycles. The number of sulfonamides is 1. The molecule has 1 aliphatic carbocycles. The van der Waals surface area contributed by atoms with Crippen LogP contribution in [0.4, 0.5) is 0 Å². The number of benzene rings is 1. The molecule has 0 unspecified atom stereocenters. The van der Waals surface area contributed by atoms with Gasteiger partial charge in [0.15, 0.2) is 0 Å². The Kier molecular flexibility index (Phi) is 5.21. The van der Waals surface area contributed by atoms with E-state index in [0.29, 0.717) is 30.8 Å². The molecule has 6 nitrogen and oxygen atoms in total. The molecule has 1 fully saturated rings. The quantitative estimate of drug-likeness (QED) is 0.785. The predicted molar refractivity (Wildman–Crippen MR) is 77.7 cm³/mol. The maximum Gasteiger partial charge on any atom is 0.240 e. The van der Waals surface area contributed by atoms with Crippen molar-refractivity contribution in [3.63, 3.8) is 0 Å². The van der Waals surface area contributed by atoms with Crippen LogP contribution in [0.25, 0.3) is 0 Å². The highest BCUT2D eigenvalue weighted by Gasteiger charge is 2.32. The zero-order valence-corrected chi connectivity index (χ0v) is 13.0. The van der Waals surface area contributed by atoms with Gasteiger partial charge >= 0.3 is 0 Å². The molecule has 1 aromatic carbocycles. The first kappa shape index (κ1) is 16.2. The average Bonchev–Trinajstić information content (AvgIpc) is 2.43. The van der Waals surface area contributed by atoms with Crippen molar-refractivity contribution in [3.8, 4) is 5.75 Å². The van der Waals surface area contributed by atoms with Crippen LogP contribution in [0, 0.1) is 0 Å². The Hall–Kier alpha value is -1.15. The summed E-state index contributed by atoms with van der Waals surface area (Å²) in [7, 11) is -1.97. The van der Waals surface area contributed by atoms with Crippen molar-refractivity contribution < 1.29 is 23.0 Å². The molecule has 0 radical (unpaired) electrons. The van der Waals surface area contributed by atoms with Crippen LogP contribution in [-0.4, -0.2) is 39.4 Å². The molecule has 0 atom stereocenters. The lowest BCUT2D eigenvalue weighted by molar-refractivity contribution is 0.0236. The number of hydrogen-bond acceptors (Lipinski definition) is 5. The molecule has 1 saturated carbocycles. The summed E-state index contributed by atoms with van der Waals surface area (Å²) in [5, 5.41) is 9.33. The van der Waals surface area contributed by atoms with Crippen molar-refractivity contribution in [2.24, 2.45) is 0 Å². The van der Waals surface area contributed by atoms with E-state index in [1.54, 1.807) is 13.2 Å². The van der Waals surface area contributed by atoms with E-state index in [9.17, 15) is 13.5 Å². The first-order valence-corrected chi connectivity index (χ1v) is 8.40. The minimum Gasteiger partial charge on any atom is -0.494 e. The van der Waals surface area contributed by atoms with Gasteiger partial charge in [-0.3, -0.25) is 0 Å². The second-order valence-corrected chi connectivity index (χ2v) is 6.72. The van der Waals surface area contributed by atoms with Gasteiger partial charge in [-0.15, -0.1) is 0 Å². The zero-order chi connectivity index (χ0) is 15.5. The Morgan fingerprint density at radius 3 is 2.67 bits per heavy atom. The lowest BCUT2D eigenvalue weighted by Gasteiger charge is -2.34. The maximum atomic E-state index is 12.3. The SMILES string of the molecule is CCOc1ccc(S(=O)(=O)NC2CC(OC)C2)cc1CO. The highest BCUT2D eigenvalue weighted by Crippen LogP contribution is 2.26. The van der Waals surface area contributed by atoms with Gasteiger partial charge in [0.05, 0.1) is 24.2 Å². The van der Waals surface area contributed by atoms with E-state index < -0.39 is 10.0 Å². The van der Waals surface area contributed by atoms with Crippen LogP contribution in [0.2, 0.25) is 0 Å². The largest absolute Gasteiger partial charge is 0.494 e. The fraction of sp³-hybridized carbons (Fsp3) is 0.571. The number of ether oxygens (including phenoxy) is 2. The summed E-state index contributed by atoms with van der Waals surface area (Å²) in [6.45, 7) is 2.02. The molecule has 0 aromatic heterocycles. The van der Waals surface area contributed by atoms with Crippen LogP contribution in [0.1, 0.15) is 25.3 Å². The van der Waals surface area contributed by atoms with Crippen molar-refractivity contribution >= 4 is 10.0 Å². The second kappa shape index (κ2) is 6.74. The van der Waals surface area contributed by atoms with Crippen molar-refractivity contribution in [2.75, 3.05) is 13.7 Å². The Labute approximate surface area is 125 Å². The van der Waals surface area contributed by atoms with Gasteiger partial charge in [0, 0.05) is 18.7 Å². The molecule has 0 amide bonds. The van der Waals surface area contributed by atoms with Gasteiger partial charge < -0.3 is 14.6 Å². The molecule has 118 valence electrons. The highest BCUT2D eigenvalue weighted by molar-refractivity contribution is 7.89. The van der Waals surface area contributed by atoms with Crippen molar-refractivity contribution in [3.05, 3.63) is 23.8 Å². The Balaban J connectivity index is 2.13. The Bertz CT molecular complexity index is 581. The average molecular weight is 315 g/mol. The van der Waals surface area contributed by atoms with Gasteiger partial charge in [-0.05, 0) is 38.0 Å². The molecule has 0 bridgehead atoms. The lowest BCUT2D eigenvalue weighted by atomic mass is 9.90. The van der Waals surface area contributed by atoms with Gasteiger partial charge in [-0.1, -0.05) is 0 Å². The van der Waals surface area contributed by atoms with Gasteiger partial charge in [-0.25, -0.2) is 13.1 Å². The van der Waals surface area contributed by atoms with Crippen molar-refractivity contribution in [2.45, 2.75) is 43.4 Å². The van der Waals surface area contributed by atoms with E-state index in [2.05, 4.69) is 4.72 Å². The molecule has 1 aliphatic rings. The number of rotatable bonds is 7. The first-order valence-electron chi connectivity index (χ1n) is 6.91. The minimum atomic E-state index is -3.59. The third-order valence-electron chi connectivity index (χ3n) is 3.56. The zero-order valence-electron chi connectivity index (χ0n) is 12.2. The van der Waals surface area contributed by atoms with Crippen LogP contribution in [0.5, 0.6) is 5.75 Å². The van der Waals surface area contributed by atoms with Crippen LogP contribution in [0.3, 0.4) is 0 Å². The predicted octanol–water partition coefficient (Wildman–Crippen LogP) is 1.03. The van der Waals surface area contributed by atoms with E-state index in [0.717, 1.165) is 0 Å². The third-order valence-corrected chi connectivity index (χ3v) is 5.08. The summed E-state index contributed by atoms with van der Waals surface area (Å²) in [6.07, 6.45) is 1.49. The first-order chi connectivity index (χ1) is 10.00. The summed E-state index contributed by atoms with van der Waals surface area (Å²) in [5.74, 6) is 0.502. The van der Waals surface area contributed by atoms with Crippen molar-refractivity contribution in [1.29, 1.82) is 0 Å².